The molecule has 1 N–H and O–H groups in total. The van der Waals surface area contributed by atoms with E-state index in [2.05, 4.69) is 4.90 Å². The lowest BCUT2D eigenvalue weighted by molar-refractivity contribution is -0.0851. The summed E-state index contributed by atoms with van der Waals surface area (Å²) in [5.74, 6) is 0. The number of aliphatic hydroxyl groups excluding tert-OH is 1. The molecule has 0 amide bonds. The molecular formula is C8H15NO2. The van der Waals surface area contributed by atoms with Crippen LogP contribution in [-0.4, -0.2) is 48.5 Å². The average molecular weight is 157 g/mol. The van der Waals surface area contributed by atoms with Crippen molar-refractivity contribution in [3.63, 3.8) is 0 Å². The molecule has 0 aromatic heterocycles. The Bertz CT molecular complexity index is 136. The van der Waals surface area contributed by atoms with Gasteiger partial charge in [0.25, 0.3) is 0 Å². The van der Waals surface area contributed by atoms with Crippen molar-refractivity contribution in [3.8, 4) is 0 Å². The van der Waals surface area contributed by atoms with Crippen LogP contribution in [0.5, 0.6) is 0 Å². The quantitative estimate of drug-likeness (QED) is 0.574. The number of nitrogens with zero attached hydrogens (tertiary/aromatic N) is 1. The van der Waals surface area contributed by atoms with Crippen LogP contribution in [0.2, 0.25) is 0 Å². The molecule has 0 spiro atoms. The van der Waals surface area contributed by atoms with Gasteiger partial charge in [-0.3, -0.25) is 4.90 Å². The van der Waals surface area contributed by atoms with Crippen molar-refractivity contribution in [2.24, 2.45) is 0 Å². The predicted octanol–water partition coefficient (Wildman–Crippen LogP) is -0.158. The standard InChI is InChI=1S/C8H15NO2/c10-8-2-1-3-9(4-8)7-5-11-6-7/h7-8,10H,1-6H2. The lowest BCUT2D eigenvalue weighted by Gasteiger charge is -2.40. The molecule has 2 rings (SSSR count). The molecule has 2 heterocycles. The number of aliphatic hydroxyl groups is 1. The molecule has 1 unspecified atom stereocenters. The molecule has 0 bridgehead atoms. The Kier molecular flexibility index (Phi) is 2.11. The molecule has 2 saturated heterocycles. The number of hydrogen-bond acceptors (Lipinski definition) is 3. The second kappa shape index (κ2) is 3.09. The van der Waals surface area contributed by atoms with Gasteiger partial charge in [-0.05, 0) is 19.4 Å². The molecule has 0 aromatic rings. The van der Waals surface area contributed by atoms with E-state index in [1.54, 1.807) is 0 Å². The second-order valence-corrected chi connectivity index (χ2v) is 3.48. The van der Waals surface area contributed by atoms with Gasteiger partial charge in [0.05, 0.1) is 25.4 Å². The first-order valence-corrected chi connectivity index (χ1v) is 4.36. The molecule has 0 saturated carbocycles. The first kappa shape index (κ1) is 7.53. The van der Waals surface area contributed by atoms with Gasteiger partial charge in [-0.1, -0.05) is 0 Å². The molecule has 64 valence electrons. The number of rotatable bonds is 1. The first-order valence-electron chi connectivity index (χ1n) is 4.36. The van der Waals surface area contributed by atoms with E-state index in [4.69, 9.17) is 4.74 Å². The highest BCUT2D eigenvalue weighted by molar-refractivity contribution is 4.82. The summed E-state index contributed by atoms with van der Waals surface area (Å²) in [7, 11) is 0. The highest BCUT2D eigenvalue weighted by Crippen LogP contribution is 2.17. The maximum atomic E-state index is 9.37. The fraction of sp³-hybridized carbons (Fsp3) is 1.00. The van der Waals surface area contributed by atoms with Crippen molar-refractivity contribution in [1.29, 1.82) is 0 Å². The molecule has 0 aliphatic carbocycles. The minimum Gasteiger partial charge on any atom is -0.392 e. The normalized spacial score (nSPS) is 35.2. The summed E-state index contributed by atoms with van der Waals surface area (Å²) in [6, 6.07) is 0.602. The van der Waals surface area contributed by atoms with Gasteiger partial charge in [0.2, 0.25) is 0 Å². The summed E-state index contributed by atoms with van der Waals surface area (Å²) in [6.45, 7) is 3.73. The van der Waals surface area contributed by atoms with Crippen LogP contribution in [0.4, 0.5) is 0 Å². The Balaban J connectivity index is 1.82. The largest absolute Gasteiger partial charge is 0.392 e. The van der Waals surface area contributed by atoms with Crippen LogP contribution in [-0.2, 0) is 4.74 Å². The van der Waals surface area contributed by atoms with E-state index in [-0.39, 0.29) is 6.10 Å². The minimum absolute atomic E-state index is 0.0932. The van der Waals surface area contributed by atoms with E-state index in [1.807, 2.05) is 0 Å². The summed E-state index contributed by atoms with van der Waals surface area (Å²) in [5, 5.41) is 9.37. The minimum atomic E-state index is -0.0932. The Hall–Kier alpha value is -0.120. The fourth-order valence-corrected chi connectivity index (χ4v) is 1.75. The van der Waals surface area contributed by atoms with Crippen molar-refractivity contribution in [3.05, 3.63) is 0 Å². The molecular weight excluding hydrogens is 142 g/mol. The van der Waals surface area contributed by atoms with Crippen LogP contribution in [0.25, 0.3) is 0 Å². The highest BCUT2D eigenvalue weighted by atomic mass is 16.5. The third-order valence-corrected chi connectivity index (χ3v) is 2.56. The molecule has 1 atom stereocenters. The van der Waals surface area contributed by atoms with Gasteiger partial charge < -0.3 is 9.84 Å². The SMILES string of the molecule is OC1CCCN(C2COC2)C1. The Labute approximate surface area is 66.9 Å². The summed E-state index contributed by atoms with van der Waals surface area (Å²) in [5.41, 5.74) is 0. The molecule has 11 heavy (non-hydrogen) atoms. The number of ether oxygens (including phenoxy) is 1. The maximum Gasteiger partial charge on any atom is 0.0667 e. The molecule has 3 nitrogen and oxygen atoms in total. The van der Waals surface area contributed by atoms with Gasteiger partial charge in [0.15, 0.2) is 0 Å². The molecule has 0 radical (unpaired) electrons. The summed E-state index contributed by atoms with van der Waals surface area (Å²) in [6.07, 6.45) is 2.02. The Morgan fingerprint density at radius 3 is 2.73 bits per heavy atom. The zero-order valence-electron chi connectivity index (χ0n) is 6.70. The van der Waals surface area contributed by atoms with Crippen molar-refractivity contribution in [1.82, 2.24) is 4.90 Å². The summed E-state index contributed by atoms with van der Waals surface area (Å²) < 4.78 is 5.10. The zero-order chi connectivity index (χ0) is 7.68. The van der Waals surface area contributed by atoms with Crippen molar-refractivity contribution in [2.75, 3.05) is 26.3 Å². The molecule has 2 aliphatic rings. The van der Waals surface area contributed by atoms with Crippen LogP contribution in [0.1, 0.15) is 12.8 Å². The Morgan fingerprint density at radius 1 is 1.36 bits per heavy atom. The first-order chi connectivity index (χ1) is 5.36. The zero-order valence-corrected chi connectivity index (χ0v) is 6.70. The number of piperidine rings is 1. The van der Waals surface area contributed by atoms with E-state index >= 15 is 0 Å². The highest BCUT2D eigenvalue weighted by Gasteiger charge is 2.29. The van der Waals surface area contributed by atoms with Gasteiger partial charge in [-0.2, -0.15) is 0 Å². The van der Waals surface area contributed by atoms with E-state index in [9.17, 15) is 5.11 Å². The van der Waals surface area contributed by atoms with Crippen LogP contribution < -0.4 is 0 Å². The van der Waals surface area contributed by atoms with E-state index in [0.717, 1.165) is 39.1 Å². The average Bonchev–Trinajstić information content (AvgIpc) is 1.83. The monoisotopic (exact) mass is 157 g/mol. The molecule has 3 heteroatoms. The van der Waals surface area contributed by atoms with Crippen LogP contribution in [0.15, 0.2) is 0 Å². The lowest BCUT2D eigenvalue weighted by Crippen LogP contribution is -2.53. The Morgan fingerprint density at radius 2 is 2.18 bits per heavy atom. The summed E-state index contributed by atoms with van der Waals surface area (Å²) in [4.78, 5) is 2.34. The van der Waals surface area contributed by atoms with Gasteiger partial charge >= 0.3 is 0 Å². The van der Waals surface area contributed by atoms with Gasteiger partial charge in [-0.15, -0.1) is 0 Å². The van der Waals surface area contributed by atoms with Crippen molar-refractivity contribution >= 4 is 0 Å². The number of β-amino-alcohol motifs (C(OH)–C–C–N with tert-alkyl or cyclic N) is 1. The van der Waals surface area contributed by atoms with E-state index < -0.39 is 0 Å². The van der Waals surface area contributed by atoms with Gasteiger partial charge in [0, 0.05) is 6.54 Å². The molecule has 2 fully saturated rings. The third kappa shape index (κ3) is 1.55. The number of likely N-dealkylation sites (tertiary alicyclic amines) is 1. The summed E-state index contributed by atoms with van der Waals surface area (Å²) >= 11 is 0. The van der Waals surface area contributed by atoms with Crippen LogP contribution in [0, 0.1) is 0 Å². The van der Waals surface area contributed by atoms with E-state index in [1.165, 1.54) is 0 Å². The van der Waals surface area contributed by atoms with Crippen molar-refractivity contribution < 1.29 is 9.84 Å². The van der Waals surface area contributed by atoms with Crippen LogP contribution >= 0.6 is 0 Å². The smallest absolute Gasteiger partial charge is 0.0667 e. The van der Waals surface area contributed by atoms with Gasteiger partial charge in [-0.25, -0.2) is 0 Å². The van der Waals surface area contributed by atoms with E-state index in [0.29, 0.717) is 6.04 Å². The fourth-order valence-electron chi connectivity index (χ4n) is 1.75. The predicted molar refractivity (Wildman–Crippen MR) is 41.4 cm³/mol. The van der Waals surface area contributed by atoms with Gasteiger partial charge in [0.1, 0.15) is 0 Å². The lowest BCUT2D eigenvalue weighted by atomic mass is 10.1. The number of hydrogen-bond donors (Lipinski definition) is 1. The topological polar surface area (TPSA) is 32.7 Å². The van der Waals surface area contributed by atoms with Crippen LogP contribution in [0.3, 0.4) is 0 Å². The molecule has 2 aliphatic heterocycles. The maximum absolute atomic E-state index is 9.37. The third-order valence-electron chi connectivity index (χ3n) is 2.56. The van der Waals surface area contributed by atoms with Crippen molar-refractivity contribution in [2.45, 2.75) is 25.0 Å². The second-order valence-electron chi connectivity index (χ2n) is 3.48. The molecule has 0 aromatic carbocycles.